The third-order valence-corrected chi connectivity index (χ3v) is 11.3. The summed E-state index contributed by atoms with van der Waals surface area (Å²) in [6, 6.07) is 16.3. The minimum Gasteiger partial charge on any atom is -0.497 e. The first-order valence-electron chi connectivity index (χ1n) is 17.0. The highest BCUT2D eigenvalue weighted by Crippen LogP contribution is 2.47. The third-order valence-electron chi connectivity index (χ3n) is 9.74. The predicted molar refractivity (Wildman–Crippen MR) is 193 cm³/mol. The van der Waals surface area contributed by atoms with Gasteiger partial charge in [0.15, 0.2) is 4.90 Å². The van der Waals surface area contributed by atoms with Crippen LogP contribution in [-0.2, 0) is 21.4 Å². The van der Waals surface area contributed by atoms with Gasteiger partial charge in [0.1, 0.15) is 5.75 Å². The van der Waals surface area contributed by atoms with Gasteiger partial charge in [0, 0.05) is 54.3 Å². The average Bonchev–Trinajstić information content (AvgIpc) is 3.33. The first-order chi connectivity index (χ1) is 24.5. The second kappa shape index (κ2) is 15.1. The lowest BCUT2D eigenvalue weighted by molar-refractivity contribution is -0.387. The van der Waals surface area contributed by atoms with Gasteiger partial charge in [0.2, 0.25) is 15.9 Å². The molecular formula is C37H41N5O8S. The molecule has 0 atom stereocenters. The Hall–Kier alpha value is -5.05. The first kappa shape index (κ1) is 35.8. The van der Waals surface area contributed by atoms with Crippen molar-refractivity contribution >= 4 is 44.6 Å². The fourth-order valence-electron chi connectivity index (χ4n) is 7.18. The molecule has 0 spiro atoms. The molecule has 0 saturated heterocycles. The minimum absolute atomic E-state index is 0.00768. The molecule has 0 unspecified atom stereocenters. The Morgan fingerprint density at radius 3 is 2.51 bits per heavy atom. The highest BCUT2D eigenvalue weighted by Gasteiger charge is 2.31. The monoisotopic (exact) mass is 715 g/mol. The number of para-hydroxylation sites is 1. The molecule has 268 valence electrons. The van der Waals surface area contributed by atoms with E-state index in [9.17, 15) is 33.2 Å². The number of carbonyl (C=O) groups is 2. The number of sulfonamides is 1. The molecule has 6 rings (SSSR count). The van der Waals surface area contributed by atoms with Crippen LogP contribution < -0.4 is 14.8 Å². The van der Waals surface area contributed by atoms with Crippen LogP contribution in [0.5, 0.6) is 5.75 Å². The molecule has 14 heteroatoms. The fraction of sp³-hybridized carbons (Fsp3) is 0.351. The number of nitrogens with one attached hydrogen (secondary N) is 2. The number of hydrogen-bond donors (Lipinski definition) is 3. The number of carboxylic acids is 1. The van der Waals surface area contributed by atoms with Crippen LogP contribution in [0.1, 0.15) is 59.5 Å². The van der Waals surface area contributed by atoms with Crippen molar-refractivity contribution in [2.75, 3.05) is 40.3 Å². The van der Waals surface area contributed by atoms with E-state index in [1.807, 2.05) is 35.2 Å². The smallest absolute Gasteiger partial charge is 0.335 e. The number of aromatic nitrogens is 1. The fourth-order valence-corrected chi connectivity index (χ4v) is 8.37. The maximum atomic E-state index is 13.8. The van der Waals surface area contributed by atoms with Crippen LogP contribution in [0.4, 0.5) is 5.69 Å². The van der Waals surface area contributed by atoms with Crippen molar-refractivity contribution in [3.8, 4) is 17.0 Å². The second-order valence-electron chi connectivity index (χ2n) is 13.0. The average molecular weight is 716 g/mol. The topological polar surface area (TPSA) is 173 Å². The zero-order valence-corrected chi connectivity index (χ0v) is 29.4. The van der Waals surface area contributed by atoms with Crippen molar-refractivity contribution in [3.05, 3.63) is 93.0 Å². The summed E-state index contributed by atoms with van der Waals surface area (Å²) >= 11 is 0. The summed E-state index contributed by atoms with van der Waals surface area (Å²) in [5.74, 6) is -0.336. The number of hydrogen-bond acceptors (Lipinski definition) is 8. The number of nitro benzene ring substituents is 1. The lowest BCUT2D eigenvalue weighted by atomic mass is 9.81. The quantitative estimate of drug-likeness (QED) is 0.121. The van der Waals surface area contributed by atoms with E-state index in [-0.39, 0.29) is 31.1 Å². The van der Waals surface area contributed by atoms with Gasteiger partial charge in [0.05, 0.1) is 29.8 Å². The second-order valence-corrected chi connectivity index (χ2v) is 14.8. The molecule has 3 N–H and O–H groups in total. The summed E-state index contributed by atoms with van der Waals surface area (Å²) in [6.45, 7) is 1.20. The van der Waals surface area contributed by atoms with E-state index < -0.39 is 31.5 Å². The van der Waals surface area contributed by atoms with Crippen molar-refractivity contribution in [2.45, 2.75) is 49.5 Å². The van der Waals surface area contributed by atoms with Gasteiger partial charge >= 0.3 is 5.97 Å². The van der Waals surface area contributed by atoms with Crippen LogP contribution in [-0.4, -0.2) is 80.1 Å². The molecule has 3 aromatic carbocycles. The van der Waals surface area contributed by atoms with Gasteiger partial charge < -0.3 is 24.6 Å². The number of likely N-dealkylation sites (N-methyl/N-ethyl adjacent to an activating group) is 1. The SMILES string of the molecule is COc1ccc2c(c1)C=C(C(=O)NCCN(C)CCNS(=O)(=O)c1ccccc1[N+](=O)[O-])Cn1c-2c(C2CCCCC2)c2ccc(C(=O)O)cc21. The van der Waals surface area contributed by atoms with E-state index >= 15 is 0 Å². The number of nitro groups is 1. The number of aromatic carboxylic acids is 1. The van der Waals surface area contributed by atoms with Crippen LogP contribution in [0.2, 0.25) is 0 Å². The van der Waals surface area contributed by atoms with E-state index in [0.29, 0.717) is 30.3 Å². The molecule has 13 nitrogen and oxygen atoms in total. The number of carboxylic acid groups (broad SMARTS) is 1. The number of ether oxygens (including phenoxy) is 1. The molecular weight excluding hydrogens is 675 g/mol. The molecule has 1 aromatic heterocycles. The molecule has 2 aliphatic rings. The van der Waals surface area contributed by atoms with Gasteiger partial charge in [-0.1, -0.05) is 37.5 Å². The highest BCUT2D eigenvalue weighted by molar-refractivity contribution is 7.89. The van der Waals surface area contributed by atoms with Gasteiger partial charge in [-0.05, 0) is 79.4 Å². The third kappa shape index (κ3) is 7.53. The van der Waals surface area contributed by atoms with Crippen molar-refractivity contribution in [2.24, 2.45) is 0 Å². The number of fused-ring (bicyclic) bond motifs is 5. The van der Waals surface area contributed by atoms with Crippen LogP contribution in [0.25, 0.3) is 28.2 Å². The minimum atomic E-state index is -4.11. The van der Waals surface area contributed by atoms with Crippen molar-refractivity contribution in [3.63, 3.8) is 0 Å². The Labute approximate surface area is 296 Å². The van der Waals surface area contributed by atoms with Gasteiger partial charge in [-0.15, -0.1) is 0 Å². The van der Waals surface area contributed by atoms with E-state index in [0.717, 1.165) is 59.5 Å². The molecule has 1 aliphatic carbocycles. The molecule has 4 aromatic rings. The van der Waals surface area contributed by atoms with E-state index in [4.69, 9.17) is 4.74 Å². The van der Waals surface area contributed by atoms with Crippen LogP contribution in [0.3, 0.4) is 0 Å². The molecule has 1 aliphatic heterocycles. The van der Waals surface area contributed by atoms with Crippen molar-refractivity contribution in [1.29, 1.82) is 0 Å². The number of rotatable bonds is 13. The Bertz CT molecular complexity index is 2140. The number of nitrogens with zero attached hydrogens (tertiary/aromatic N) is 3. The number of amides is 1. The van der Waals surface area contributed by atoms with E-state index in [2.05, 4.69) is 14.6 Å². The molecule has 51 heavy (non-hydrogen) atoms. The van der Waals surface area contributed by atoms with Crippen LogP contribution >= 0.6 is 0 Å². The van der Waals surface area contributed by atoms with E-state index in [1.54, 1.807) is 26.3 Å². The van der Waals surface area contributed by atoms with Gasteiger partial charge in [-0.25, -0.2) is 17.9 Å². The summed E-state index contributed by atoms with van der Waals surface area (Å²) in [5.41, 5.74) is 4.94. The maximum absolute atomic E-state index is 13.8. The standard InChI is InChI=1S/C37H41N5O8S/c1-40(19-17-39-51(48,49)33-11-7-6-10-31(33)42(46)47)18-16-38-36(43)27-20-26-21-28(50-2)13-15-29(26)35-34(24-8-4-3-5-9-24)30-14-12-25(37(44)45)22-32(30)41(35)23-27/h6-7,10-15,20-22,24,39H,3-5,8-9,16-19,23H2,1-2H3,(H,38,43)(H,44,45). The summed E-state index contributed by atoms with van der Waals surface area (Å²) < 4.78 is 35.6. The summed E-state index contributed by atoms with van der Waals surface area (Å²) in [4.78, 5) is 37.9. The van der Waals surface area contributed by atoms with Crippen LogP contribution in [0, 0.1) is 10.1 Å². The summed E-state index contributed by atoms with van der Waals surface area (Å²) in [5, 5.41) is 25.2. The van der Waals surface area contributed by atoms with Crippen molar-refractivity contribution < 1.29 is 32.8 Å². The number of methoxy groups -OCH3 is 1. The van der Waals surface area contributed by atoms with E-state index in [1.165, 1.54) is 30.2 Å². The van der Waals surface area contributed by atoms with Gasteiger partial charge in [-0.2, -0.15) is 0 Å². The van der Waals surface area contributed by atoms with Gasteiger partial charge in [-0.3, -0.25) is 14.9 Å². The first-order valence-corrected chi connectivity index (χ1v) is 18.4. The molecule has 0 radical (unpaired) electrons. The Morgan fingerprint density at radius 1 is 1.04 bits per heavy atom. The molecule has 1 saturated carbocycles. The zero-order valence-electron chi connectivity index (χ0n) is 28.6. The molecule has 1 fully saturated rings. The lowest BCUT2D eigenvalue weighted by Gasteiger charge is -2.24. The van der Waals surface area contributed by atoms with Crippen molar-refractivity contribution in [1.82, 2.24) is 19.5 Å². The zero-order chi connectivity index (χ0) is 36.3. The molecule has 1 amide bonds. The molecule has 0 bridgehead atoms. The predicted octanol–water partition coefficient (Wildman–Crippen LogP) is 5.39. The Balaban J connectivity index is 1.21. The Kier molecular flexibility index (Phi) is 10.6. The highest BCUT2D eigenvalue weighted by atomic mass is 32.2. The molecule has 2 heterocycles. The normalized spacial score (nSPS) is 14.8. The largest absolute Gasteiger partial charge is 0.497 e. The lowest BCUT2D eigenvalue weighted by Crippen LogP contribution is -2.38. The maximum Gasteiger partial charge on any atom is 0.335 e. The summed E-state index contributed by atoms with van der Waals surface area (Å²) in [6.07, 6.45) is 7.40. The number of carbonyl (C=O) groups excluding carboxylic acids is 1. The van der Waals surface area contributed by atoms with Crippen LogP contribution in [0.15, 0.2) is 71.1 Å². The van der Waals surface area contributed by atoms with Gasteiger partial charge in [0.25, 0.3) is 5.69 Å². The number of benzene rings is 3. The summed E-state index contributed by atoms with van der Waals surface area (Å²) in [7, 11) is -0.726. The Morgan fingerprint density at radius 2 is 1.78 bits per heavy atom.